The molecule has 0 bridgehead atoms. The van der Waals surface area contributed by atoms with Crippen molar-refractivity contribution in [2.45, 2.75) is 53.9 Å². The van der Waals surface area contributed by atoms with Crippen molar-refractivity contribution in [3.63, 3.8) is 0 Å². The predicted molar refractivity (Wildman–Crippen MR) is 161 cm³/mol. The quantitative estimate of drug-likeness (QED) is 0.300. The van der Waals surface area contributed by atoms with Gasteiger partial charge in [0.15, 0.2) is 0 Å². The summed E-state index contributed by atoms with van der Waals surface area (Å²) in [6, 6.07) is 21.0. The fourth-order valence-electron chi connectivity index (χ4n) is 4.38. The van der Waals surface area contributed by atoms with E-state index in [2.05, 4.69) is 112 Å². The van der Waals surface area contributed by atoms with Crippen LogP contribution < -0.4 is 10.5 Å². The van der Waals surface area contributed by atoms with Crippen molar-refractivity contribution in [1.82, 2.24) is 9.88 Å². The lowest BCUT2D eigenvalue weighted by Crippen LogP contribution is -2.30. The highest BCUT2D eigenvalue weighted by Gasteiger charge is 2.22. The van der Waals surface area contributed by atoms with E-state index >= 15 is 0 Å². The molecule has 1 aromatic heterocycles. The van der Waals surface area contributed by atoms with Crippen LogP contribution in [0.15, 0.2) is 96.4 Å². The minimum absolute atomic E-state index is 0.110. The van der Waals surface area contributed by atoms with Crippen molar-refractivity contribution in [2.24, 2.45) is 11.1 Å². The summed E-state index contributed by atoms with van der Waals surface area (Å²) in [6.07, 6.45) is 12.1. The van der Waals surface area contributed by atoms with E-state index in [4.69, 9.17) is 15.5 Å². The number of nitrogens with zero attached hydrogens (tertiary/aromatic N) is 2. The van der Waals surface area contributed by atoms with E-state index in [0.29, 0.717) is 13.2 Å². The van der Waals surface area contributed by atoms with E-state index in [0.717, 1.165) is 47.3 Å². The molecule has 4 heteroatoms. The van der Waals surface area contributed by atoms with Crippen molar-refractivity contribution >= 4 is 22.2 Å². The van der Waals surface area contributed by atoms with Crippen LogP contribution in [0.1, 0.15) is 65.1 Å². The Hall–Kier alpha value is -3.63. The van der Waals surface area contributed by atoms with E-state index < -0.39 is 0 Å². The number of allylic oxidation sites excluding steroid dienone is 5. The van der Waals surface area contributed by atoms with Crippen molar-refractivity contribution in [3.8, 4) is 5.75 Å². The fraction of sp³-hybridized carbons (Fsp3) is 0.324. The molecule has 1 aliphatic rings. The van der Waals surface area contributed by atoms with Crippen molar-refractivity contribution in [3.05, 3.63) is 108 Å². The third kappa shape index (κ3) is 6.25. The Morgan fingerprint density at radius 1 is 1.00 bits per heavy atom. The van der Waals surface area contributed by atoms with E-state index in [1.54, 1.807) is 0 Å². The molecule has 0 unspecified atom stereocenters. The first-order chi connectivity index (χ1) is 18.4. The molecule has 0 amide bonds. The summed E-state index contributed by atoms with van der Waals surface area (Å²) in [5.41, 5.74) is 13.6. The Morgan fingerprint density at radius 3 is 2.50 bits per heavy atom. The zero-order valence-corrected chi connectivity index (χ0v) is 23.5. The second-order valence-electron chi connectivity index (χ2n) is 10.7. The Morgan fingerprint density at radius 2 is 1.79 bits per heavy atom. The number of pyridine rings is 1. The Labute approximate surface area is 228 Å². The standard InChI is InChI=1S/C34H41N3O/c1-6-8-16-29-20-18-28(26-13-10-9-11-14-26)22-37(29)33(25(3)7-2)30-21-19-27-15-12-17-31(32(27)36-30)38-24-34(4,5)23-35/h9-22H,6-8,23-24,35H2,1-5H3. The van der Waals surface area contributed by atoms with Gasteiger partial charge in [0, 0.05) is 29.2 Å². The first-order valence-corrected chi connectivity index (χ1v) is 13.7. The van der Waals surface area contributed by atoms with Gasteiger partial charge in [0.25, 0.3) is 0 Å². The summed E-state index contributed by atoms with van der Waals surface area (Å²) in [5.74, 6) is 0.792. The molecule has 2 N–H and O–H groups in total. The molecule has 0 aliphatic carbocycles. The van der Waals surface area contributed by atoms with Gasteiger partial charge in [-0.3, -0.25) is 0 Å². The van der Waals surface area contributed by atoms with Gasteiger partial charge in [-0.25, -0.2) is 4.98 Å². The second kappa shape index (κ2) is 12.3. The van der Waals surface area contributed by atoms with Crippen molar-refractivity contribution in [1.29, 1.82) is 0 Å². The Balaban J connectivity index is 1.83. The van der Waals surface area contributed by atoms with Gasteiger partial charge in [0.05, 0.1) is 18.0 Å². The monoisotopic (exact) mass is 507 g/mol. The van der Waals surface area contributed by atoms with E-state index in [1.807, 2.05) is 12.1 Å². The van der Waals surface area contributed by atoms with Gasteiger partial charge in [0.2, 0.25) is 0 Å². The van der Waals surface area contributed by atoms with Crippen molar-refractivity contribution in [2.75, 3.05) is 13.2 Å². The van der Waals surface area contributed by atoms with Gasteiger partial charge in [-0.15, -0.1) is 0 Å². The number of rotatable bonds is 10. The van der Waals surface area contributed by atoms with Gasteiger partial charge >= 0.3 is 0 Å². The lowest BCUT2D eigenvalue weighted by atomic mass is 9.95. The Bertz CT molecular complexity index is 1380. The van der Waals surface area contributed by atoms with Crippen LogP contribution in [-0.2, 0) is 0 Å². The highest BCUT2D eigenvalue weighted by atomic mass is 16.5. The number of hydrogen-bond acceptors (Lipinski definition) is 4. The van der Waals surface area contributed by atoms with Crippen LogP contribution in [0.25, 0.3) is 22.2 Å². The summed E-state index contributed by atoms with van der Waals surface area (Å²) >= 11 is 0. The molecule has 3 aromatic rings. The molecule has 0 spiro atoms. The lowest BCUT2D eigenvalue weighted by Gasteiger charge is -2.30. The number of unbranched alkanes of at least 4 members (excludes halogenated alkanes) is 1. The smallest absolute Gasteiger partial charge is 0.145 e. The largest absolute Gasteiger partial charge is 0.491 e. The molecule has 198 valence electrons. The van der Waals surface area contributed by atoms with Gasteiger partial charge in [0.1, 0.15) is 11.3 Å². The molecular weight excluding hydrogens is 466 g/mol. The molecule has 38 heavy (non-hydrogen) atoms. The highest BCUT2D eigenvalue weighted by molar-refractivity contribution is 5.87. The summed E-state index contributed by atoms with van der Waals surface area (Å²) in [4.78, 5) is 7.55. The fourth-order valence-corrected chi connectivity index (χ4v) is 4.38. The number of fused-ring (bicyclic) bond motifs is 1. The summed E-state index contributed by atoms with van der Waals surface area (Å²) in [7, 11) is 0. The second-order valence-corrected chi connectivity index (χ2v) is 10.7. The minimum atomic E-state index is -0.110. The minimum Gasteiger partial charge on any atom is -0.491 e. The number of hydrogen-bond donors (Lipinski definition) is 1. The molecule has 2 aromatic carbocycles. The number of benzene rings is 2. The molecule has 0 fully saturated rings. The van der Waals surface area contributed by atoms with Crippen LogP contribution in [0.2, 0.25) is 0 Å². The molecule has 4 nitrogen and oxygen atoms in total. The van der Waals surface area contributed by atoms with E-state index in [9.17, 15) is 0 Å². The predicted octanol–water partition coefficient (Wildman–Crippen LogP) is 8.34. The van der Waals surface area contributed by atoms with Gasteiger partial charge < -0.3 is 15.4 Å². The zero-order chi connectivity index (χ0) is 27.1. The van der Waals surface area contributed by atoms with Crippen LogP contribution in [0, 0.1) is 5.41 Å². The zero-order valence-electron chi connectivity index (χ0n) is 23.5. The first-order valence-electron chi connectivity index (χ1n) is 13.7. The SMILES string of the molecule is CCCC=C1C=CC(c2ccccc2)=CN1C(=C(C)CC)c1ccc2cccc(OCC(C)(C)CN)c2n1. The molecule has 4 rings (SSSR count). The van der Waals surface area contributed by atoms with Crippen LogP contribution in [0.4, 0.5) is 0 Å². The Kier molecular flexibility index (Phi) is 8.85. The molecule has 0 atom stereocenters. The topological polar surface area (TPSA) is 51.4 Å². The normalized spacial score (nSPS) is 15.6. The highest BCUT2D eigenvalue weighted by Crippen LogP contribution is 2.36. The lowest BCUT2D eigenvalue weighted by molar-refractivity contribution is 0.189. The average Bonchev–Trinajstić information content (AvgIpc) is 2.95. The summed E-state index contributed by atoms with van der Waals surface area (Å²) in [5, 5.41) is 1.06. The number of aromatic nitrogens is 1. The maximum Gasteiger partial charge on any atom is 0.145 e. The maximum atomic E-state index is 6.28. The van der Waals surface area contributed by atoms with E-state index in [-0.39, 0.29) is 5.41 Å². The number of ether oxygens (including phenoxy) is 1. The third-order valence-corrected chi connectivity index (χ3v) is 7.00. The summed E-state index contributed by atoms with van der Waals surface area (Å²) < 4.78 is 6.28. The van der Waals surface area contributed by atoms with Gasteiger partial charge in [-0.1, -0.05) is 94.8 Å². The molecule has 0 saturated heterocycles. The third-order valence-electron chi connectivity index (χ3n) is 7.00. The van der Waals surface area contributed by atoms with Crippen LogP contribution in [0.3, 0.4) is 0 Å². The van der Waals surface area contributed by atoms with Crippen molar-refractivity contribution < 1.29 is 4.74 Å². The molecule has 1 aliphatic heterocycles. The first kappa shape index (κ1) is 27.4. The number of para-hydroxylation sites is 1. The molecular formula is C34H41N3O. The van der Waals surface area contributed by atoms with Crippen LogP contribution in [-0.4, -0.2) is 23.0 Å². The molecule has 0 saturated carbocycles. The average molecular weight is 508 g/mol. The molecule has 0 radical (unpaired) electrons. The molecule has 2 heterocycles. The number of nitrogens with two attached hydrogens (primary N) is 1. The van der Waals surface area contributed by atoms with Gasteiger partial charge in [-0.05, 0) is 54.7 Å². The van der Waals surface area contributed by atoms with Crippen LogP contribution in [0.5, 0.6) is 5.75 Å². The summed E-state index contributed by atoms with van der Waals surface area (Å²) in [6.45, 7) is 12.0. The maximum absolute atomic E-state index is 6.28. The van der Waals surface area contributed by atoms with Gasteiger partial charge in [-0.2, -0.15) is 0 Å². The van der Waals surface area contributed by atoms with Crippen LogP contribution >= 0.6 is 0 Å². The van der Waals surface area contributed by atoms with E-state index in [1.165, 1.54) is 22.4 Å².